The van der Waals surface area contributed by atoms with E-state index in [0.29, 0.717) is 6.42 Å². The van der Waals surface area contributed by atoms with Crippen LogP contribution in [0.1, 0.15) is 54.8 Å². The van der Waals surface area contributed by atoms with Crippen molar-refractivity contribution in [3.63, 3.8) is 0 Å². The topological polar surface area (TPSA) is 52.3 Å². The van der Waals surface area contributed by atoms with Crippen LogP contribution in [-0.4, -0.2) is 13.1 Å². The molecule has 1 aromatic rings. The molecule has 0 amide bonds. The molecule has 1 unspecified atom stereocenters. The van der Waals surface area contributed by atoms with Crippen LogP contribution in [0.5, 0.6) is 0 Å². The molecule has 1 aromatic carbocycles. The van der Waals surface area contributed by atoms with E-state index < -0.39 is 0 Å². The smallest absolute Gasteiger partial charge is 0.305 e. The number of fused-ring (bicyclic) bond motifs is 1. The third kappa shape index (κ3) is 3.80. The van der Waals surface area contributed by atoms with Crippen LogP contribution in [-0.2, 0) is 22.4 Å². The Balaban J connectivity index is 1.80. The standard InChI is InChI=1S/C16H23NO2/c1-19-16(18)8-3-2-7-15(17)14-10-9-12-5-4-6-13(12)11-14/h9-11,15H,2-8,17H2,1H3. The Morgan fingerprint density at radius 3 is 2.89 bits per heavy atom. The zero-order chi connectivity index (χ0) is 13.7. The maximum absolute atomic E-state index is 11.0. The zero-order valence-corrected chi connectivity index (χ0v) is 11.7. The molecule has 0 radical (unpaired) electrons. The molecule has 3 nitrogen and oxygen atoms in total. The number of hydrogen-bond acceptors (Lipinski definition) is 3. The summed E-state index contributed by atoms with van der Waals surface area (Å²) < 4.78 is 4.62. The van der Waals surface area contributed by atoms with Gasteiger partial charge >= 0.3 is 5.97 Å². The minimum Gasteiger partial charge on any atom is -0.469 e. The van der Waals surface area contributed by atoms with Crippen molar-refractivity contribution in [2.75, 3.05) is 7.11 Å². The van der Waals surface area contributed by atoms with E-state index in [4.69, 9.17) is 5.73 Å². The molecule has 2 rings (SSSR count). The number of ether oxygens (including phenoxy) is 1. The average molecular weight is 261 g/mol. The molecule has 0 aliphatic heterocycles. The number of nitrogens with two attached hydrogens (primary N) is 1. The van der Waals surface area contributed by atoms with Gasteiger partial charge in [-0.1, -0.05) is 24.6 Å². The lowest BCUT2D eigenvalue weighted by atomic mass is 9.98. The van der Waals surface area contributed by atoms with Crippen molar-refractivity contribution in [3.05, 3.63) is 34.9 Å². The van der Waals surface area contributed by atoms with Gasteiger partial charge in [-0.25, -0.2) is 0 Å². The van der Waals surface area contributed by atoms with Crippen molar-refractivity contribution in [2.45, 2.75) is 51.0 Å². The number of aryl methyl sites for hydroxylation is 2. The number of methoxy groups -OCH3 is 1. The Kier molecular flexibility index (Phi) is 4.97. The maximum atomic E-state index is 11.0. The van der Waals surface area contributed by atoms with Crippen molar-refractivity contribution in [1.29, 1.82) is 0 Å². The van der Waals surface area contributed by atoms with E-state index in [1.54, 1.807) is 0 Å². The molecule has 1 atom stereocenters. The second kappa shape index (κ2) is 6.71. The molecule has 0 heterocycles. The van der Waals surface area contributed by atoms with Gasteiger partial charge in [-0.15, -0.1) is 0 Å². The van der Waals surface area contributed by atoms with Gasteiger partial charge in [0.1, 0.15) is 0 Å². The first-order valence-corrected chi connectivity index (χ1v) is 7.15. The number of esters is 1. The molecule has 1 aliphatic rings. The molecule has 0 aromatic heterocycles. The zero-order valence-electron chi connectivity index (χ0n) is 11.7. The molecule has 0 bridgehead atoms. The summed E-state index contributed by atoms with van der Waals surface area (Å²) in [6, 6.07) is 6.75. The number of rotatable bonds is 6. The third-order valence-electron chi connectivity index (χ3n) is 3.92. The molecule has 3 heteroatoms. The highest BCUT2D eigenvalue weighted by atomic mass is 16.5. The summed E-state index contributed by atoms with van der Waals surface area (Å²) in [5, 5.41) is 0. The van der Waals surface area contributed by atoms with Crippen molar-refractivity contribution in [3.8, 4) is 0 Å². The van der Waals surface area contributed by atoms with E-state index >= 15 is 0 Å². The summed E-state index contributed by atoms with van der Waals surface area (Å²) in [6.07, 6.45) is 6.91. The predicted octanol–water partition coefficient (Wildman–Crippen LogP) is 2.91. The maximum Gasteiger partial charge on any atom is 0.305 e. The fourth-order valence-electron chi connectivity index (χ4n) is 2.72. The second-order valence-electron chi connectivity index (χ2n) is 5.31. The summed E-state index contributed by atoms with van der Waals surface area (Å²) in [5.74, 6) is -0.133. The molecular weight excluding hydrogens is 238 g/mol. The van der Waals surface area contributed by atoms with Crippen LogP contribution >= 0.6 is 0 Å². The van der Waals surface area contributed by atoms with E-state index in [0.717, 1.165) is 19.3 Å². The molecule has 1 aliphatic carbocycles. The highest BCUT2D eigenvalue weighted by Crippen LogP contribution is 2.26. The fraction of sp³-hybridized carbons (Fsp3) is 0.562. The number of carbonyl (C=O) groups is 1. The van der Waals surface area contributed by atoms with E-state index in [9.17, 15) is 4.79 Å². The van der Waals surface area contributed by atoms with Crippen molar-refractivity contribution >= 4 is 5.97 Å². The predicted molar refractivity (Wildman–Crippen MR) is 75.9 cm³/mol. The van der Waals surface area contributed by atoms with Crippen molar-refractivity contribution < 1.29 is 9.53 Å². The average Bonchev–Trinajstić information content (AvgIpc) is 2.90. The molecule has 0 saturated heterocycles. The summed E-state index contributed by atoms with van der Waals surface area (Å²) in [7, 11) is 1.43. The first-order valence-electron chi connectivity index (χ1n) is 7.15. The first kappa shape index (κ1) is 14.1. The second-order valence-corrected chi connectivity index (χ2v) is 5.31. The normalized spacial score (nSPS) is 15.1. The number of unbranched alkanes of at least 4 members (excludes halogenated alkanes) is 1. The summed E-state index contributed by atoms with van der Waals surface area (Å²) >= 11 is 0. The number of hydrogen-bond donors (Lipinski definition) is 1. The van der Waals surface area contributed by atoms with E-state index in [1.807, 2.05) is 0 Å². The molecule has 104 valence electrons. The van der Waals surface area contributed by atoms with Gasteiger partial charge < -0.3 is 10.5 Å². The SMILES string of the molecule is COC(=O)CCCCC(N)c1ccc2c(c1)CCC2. The van der Waals surface area contributed by atoms with Gasteiger partial charge in [0, 0.05) is 12.5 Å². The molecule has 2 N–H and O–H groups in total. The number of carbonyl (C=O) groups excluding carboxylic acids is 1. The van der Waals surface area contributed by atoms with E-state index in [2.05, 4.69) is 22.9 Å². The quantitative estimate of drug-likeness (QED) is 0.633. The molecule has 0 saturated carbocycles. The summed E-state index contributed by atoms with van der Waals surface area (Å²) in [4.78, 5) is 11.0. The van der Waals surface area contributed by atoms with Crippen molar-refractivity contribution in [2.24, 2.45) is 5.73 Å². The molecular formula is C16H23NO2. The van der Waals surface area contributed by atoms with Gasteiger partial charge in [-0.3, -0.25) is 4.79 Å². The van der Waals surface area contributed by atoms with Gasteiger partial charge in [-0.2, -0.15) is 0 Å². The van der Waals surface area contributed by atoms with Crippen LogP contribution in [0.25, 0.3) is 0 Å². The van der Waals surface area contributed by atoms with Crippen LogP contribution < -0.4 is 5.73 Å². The Bertz CT molecular complexity index is 442. The fourth-order valence-corrected chi connectivity index (χ4v) is 2.72. The van der Waals surface area contributed by atoms with Gasteiger partial charge in [0.2, 0.25) is 0 Å². The lowest BCUT2D eigenvalue weighted by Crippen LogP contribution is -2.11. The van der Waals surface area contributed by atoms with Crippen LogP contribution in [0.2, 0.25) is 0 Å². The lowest BCUT2D eigenvalue weighted by Gasteiger charge is -2.13. The van der Waals surface area contributed by atoms with Crippen LogP contribution in [0.3, 0.4) is 0 Å². The van der Waals surface area contributed by atoms with Crippen LogP contribution in [0, 0.1) is 0 Å². The van der Waals surface area contributed by atoms with Crippen molar-refractivity contribution in [1.82, 2.24) is 0 Å². The largest absolute Gasteiger partial charge is 0.469 e. The number of benzene rings is 1. The Labute approximate surface area is 115 Å². The monoisotopic (exact) mass is 261 g/mol. The Hall–Kier alpha value is -1.35. The van der Waals surface area contributed by atoms with Crippen LogP contribution in [0.4, 0.5) is 0 Å². The third-order valence-corrected chi connectivity index (χ3v) is 3.92. The minimum absolute atomic E-state index is 0.0866. The Morgan fingerprint density at radius 1 is 1.32 bits per heavy atom. The minimum atomic E-state index is -0.133. The molecule has 19 heavy (non-hydrogen) atoms. The first-order chi connectivity index (χ1) is 9.20. The van der Waals surface area contributed by atoms with Gasteiger partial charge in [0.05, 0.1) is 7.11 Å². The van der Waals surface area contributed by atoms with E-state index in [1.165, 1.54) is 43.1 Å². The van der Waals surface area contributed by atoms with Gasteiger partial charge in [0.15, 0.2) is 0 Å². The summed E-state index contributed by atoms with van der Waals surface area (Å²) in [5.41, 5.74) is 10.4. The van der Waals surface area contributed by atoms with Gasteiger partial charge in [-0.05, 0) is 48.8 Å². The lowest BCUT2D eigenvalue weighted by molar-refractivity contribution is -0.140. The highest BCUT2D eigenvalue weighted by molar-refractivity contribution is 5.68. The molecule has 0 spiro atoms. The van der Waals surface area contributed by atoms with Gasteiger partial charge in [0.25, 0.3) is 0 Å². The highest BCUT2D eigenvalue weighted by Gasteiger charge is 2.13. The Morgan fingerprint density at radius 2 is 2.11 bits per heavy atom. The van der Waals surface area contributed by atoms with E-state index in [-0.39, 0.29) is 12.0 Å². The van der Waals surface area contributed by atoms with Crippen LogP contribution in [0.15, 0.2) is 18.2 Å². The summed E-state index contributed by atoms with van der Waals surface area (Å²) in [6.45, 7) is 0. The molecule has 0 fully saturated rings.